The number of hydrogen-bond donors (Lipinski definition) is 0. The second kappa shape index (κ2) is 7.81. The molecule has 1 aliphatic rings. The number of rotatable bonds is 5. The number of hydrogen-bond acceptors (Lipinski definition) is 2. The Morgan fingerprint density at radius 1 is 1.26 bits per heavy atom. The molecule has 126 valence electrons. The summed E-state index contributed by atoms with van der Waals surface area (Å²) in [5, 5.41) is 0. The molecule has 0 N–H and O–H groups in total. The molecule has 0 saturated heterocycles. The van der Waals surface area contributed by atoms with Crippen molar-refractivity contribution in [3.8, 4) is 0 Å². The van der Waals surface area contributed by atoms with Gasteiger partial charge in [0, 0.05) is 0 Å². The lowest BCUT2D eigenvalue weighted by Gasteiger charge is -2.22. The molecule has 0 radical (unpaired) electrons. The molecule has 0 bridgehead atoms. The molecule has 2 heteroatoms. The number of benzene rings is 1. The molecule has 2 rings (SSSR count). The highest BCUT2D eigenvalue weighted by molar-refractivity contribution is 5.76. The molecule has 1 fully saturated rings. The van der Waals surface area contributed by atoms with Gasteiger partial charge in [0.05, 0.1) is 12.5 Å². The zero-order valence-electron chi connectivity index (χ0n) is 15.0. The average molecular weight is 314 g/mol. The van der Waals surface area contributed by atoms with Crippen molar-refractivity contribution in [2.45, 2.75) is 58.8 Å². The number of carbonyl (C=O) groups excluding carboxylic acids is 1. The van der Waals surface area contributed by atoms with Gasteiger partial charge in [0.2, 0.25) is 0 Å². The zero-order chi connectivity index (χ0) is 16.9. The first-order valence-electron chi connectivity index (χ1n) is 8.88. The van der Waals surface area contributed by atoms with Crippen molar-refractivity contribution in [2.75, 3.05) is 6.61 Å². The van der Waals surface area contributed by atoms with Gasteiger partial charge in [-0.2, -0.15) is 0 Å². The fraction of sp³-hybridized carbons (Fsp3) is 0.571. The van der Waals surface area contributed by atoms with E-state index in [1.54, 1.807) is 0 Å². The Bertz CT molecular complexity index is 545. The van der Waals surface area contributed by atoms with Gasteiger partial charge >= 0.3 is 5.97 Å². The zero-order valence-corrected chi connectivity index (χ0v) is 15.0. The SMILES string of the molecule is CCOC(=O)[C@@H](/C=C/c1ccccc1C(C)(C)C)C1CCCC1. The molecule has 1 aromatic rings. The van der Waals surface area contributed by atoms with Gasteiger partial charge in [0.15, 0.2) is 0 Å². The van der Waals surface area contributed by atoms with Gasteiger partial charge in [-0.05, 0) is 42.2 Å². The maximum atomic E-state index is 12.4. The molecular formula is C21H30O2. The Morgan fingerprint density at radius 2 is 1.91 bits per heavy atom. The third-order valence-corrected chi connectivity index (χ3v) is 4.72. The van der Waals surface area contributed by atoms with Gasteiger partial charge in [-0.1, -0.05) is 70.0 Å². The highest BCUT2D eigenvalue weighted by atomic mass is 16.5. The van der Waals surface area contributed by atoms with Gasteiger partial charge in [-0.15, -0.1) is 0 Å². The Balaban J connectivity index is 2.25. The second-order valence-corrected chi connectivity index (χ2v) is 7.52. The monoisotopic (exact) mass is 314 g/mol. The van der Waals surface area contributed by atoms with Crippen molar-refractivity contribution in [3.63, 3.8) is 0 Å². The molecular weight excluding hydrogens is 284 g/mol. The van der Waals surface area contributed by atoms with E-state index in [2.05, 4.69) is 57.2 Å². The van der Waals surface area contributed by atoms with Crippen LogP contribution in [0.5, 0.6) is 0 Å². The van der Waals surface area contributed by atoms with E-state index < -0.39 is 0 Å². The van der Waals surface area contributed by atoms with E-state index in [1.807, 2.05) is 6.92 Å². The van der Waals surface area contributed by atoms with Crippen LogP contribution in [0.3, 0.4) is 0 Å². The summed E-state index contributed by atoms with van der Waals surface area (Å²) < 4.78 is 5.31. The largest absolute Gasteiger partial charge is 0.466 e. The molecule has 0 heterocycles. The minimum atomic E-state index is -0.106. The molecule has 1 atom stereocenters. The average Bonchev–Trinajstić information content (AvgIpc) is 3.01. The Morgan fingerprint density at radius 3 is 2.52 bits per heavy atom. The summed E-state index contributed by atoms with van der Waals surface area (Å²) in [4.78, 5) is 12.4. The van der Waals surface area contributed by atoms with Crippen molar-refractivity contribution >= 4 is 12.0 Å². The topological polar surface area (TPSA) is 26.3 Å². The molecule has 0 unspecified atom stereocenters. The first kappa shape index (κ1) is 17.8. The van der Waals surface area contributed by atoms with Crippen LogP contribution in [-0.2, 0) is 14.9 Å². The van der Waals surface area contributed by atoms with Crippen LogP contribution in [0.4, 0.5) is 0 Å². The van der Waals surface area contributed by atoms with E-state index in [0.717, 1.165) is 12.8 Å². The first-order valence-corrected chi connectivity index (χ1v) is 8.88. The third kappa shape index (κ3) is 4.70. The highest BCUT2D eigenvalue weighted by Gasteiger charge is 2.29. The summed E-state index contributed by atoms with van der Waals surface area (Å²) in [6, 6.07) is 8.45. The third-order valence-electron chi connectivity index (χ3n) is 4.72. The smallest absolute Gasteiger partial charge is 0.313 e. The quantitative estimate of drug-likeness (QED) is 0.683. The molecule has 1 aromatic carbocycles. The lowest BCUT2D eigenvalue weighted by atomic mass is 9.83. The van der Waals surface area contributed by atoms with E-state index in [1.165, 1.54) is 24.0 Å². The molecule has 0 aliphatic heterocycles. The molecule has 0 spiro atoms. The van der Waals surface area contributed by atoms with Gasteiger partial charge < -0.3 is 4.74 Å². The molecule has 23 heavy (non-hydrogen) atoms. The maximum absolute atomic E-state index is 12.4. The van der Waals surface area contributed by atoms with Crippen molar-refractivity contribution < 1.29 is 9.53 Å². The van der Waals surface area contributed by atoms with E-state index in [0.29, 0.717) is 12.5 Å². The minimum Gasteiger partial charge on any atom is -0.466 e. The Kier molecular flexibility index (Phi) is 6.04. The fourth-order valence-electron chi connectivity index (χ4n) is 3.52. The standard InChI is InChI=1S/C21H30O2/c1-5-23-20(22)18(16-10-6-7-11-16)15-14-17-12-8-9-13-19(17)21(2,3)4/h8-9,12-16,18H,5-7,10-11H2,1-4H3/b15-14+/t18-/m0/s1. The summed E-state index contributed by atoms with van der Waals surface area (Å²) >= 11 is 0. The second-order valence-electron chi connectivity index (χ2n) is 7.52. The number of carbonyl (C=O) groups is 1. The van der Waals surface area contributed by atoms with E-state index in [4.69, 9.17) is 4.74 Å². The summed E-state index contributed by atoms with van der Waals surface area (Å²) in [5.74, 6) is 0.265. The first-order chi connectivity index (χ1) is 10.9. The summed E-state index contributed by atoms with van der Waals surface area (Å²) in [7, 11) is 0. The fourth-order valence-corrected chi connectivity index (χ4v) is 3.52. The van der Waals surface area contributed by atoms with Crippen LogP contribution in [0.2, 0.25) is 0 Å². The van der Waals surface area contributed by atoms with Gasteiger partial charge in [0.25, 0.3) is 0 Å². The molecule has 1 aliphatic carbocycles. The number of ether oxygens (including phenoxy) is 1. The normalized spacial score (nSPS) is 17.6. The predicted molar refractivity (Wildman–Crippen MR) is 96.3 cm³/mol. The van der Waals surface area contributed by atoms with Crippen LogP contribution in [0.25, 0.3) is 6.08 Å². The van der Waals surface area contributed by atoms with Crippen molar-refractivity contribution in [2.24, 2.45) is 11.8 Å². The number of esters is 1. The van der Waals surface area contributed by atoms with Gasteiger partial charge in [0.1, 0.15) is 0 Å². The molecule has 1 saturated carbocycles. The van der Waals surface area contributed by atoms with Crippen LogP contribution < -0.4 is 0 Å². The Labute approximate surface area is 140 Å². The van der Waals surface area contributed by atoms with Crippen LogP contribution in [0.15, 0.2) is 30.3 Å². The van der Waals surface area contributed by atoms with Crippen LogP contribution >= 0.6 is 0 Å². The minimum absolute atomic E-state index is 0.0658. The van der Waals surface area contributed by atoms with Crippen molar-refractivity contribution in [3.05, 3.63) is 41.5 Å². The molecule has 0 amide bonds. The van der Waals surface area contributed by atoms with Crippen molar-refractivity contribution in [1.29, 1.82) is 0 Å². The summed E-state index contributed by atoms with van der Waals surface area (Å²) in [6.45, 7) is 9.00. The van der Waals surface area contributed by atoms with Gasteiger partial charge in [-0.3, -0.25) is 4.79 Å². The maximum Gasteiger partial charge on any atom is 0.313 e. The predicted octanol–water partition coefficient (Wildman–Crippen LogP) is 5.37. The van der Waals surface area contributed by atoms with Crippen LogP contribution in [-0.4, -0.2) is 12.6 Å². The Hall–Kier alpha value is -1.57. The highest BCUT2D eigenvalue weighted by Crippen LogP contribution is 2.34. The summed E-state index contributed by atoms with van der Waals surface area (Å²) in [6.07, 6.45) is 8.93. The lowest BCUT2D eigenvalue weighted by Crippen LogP contribution is -2.22. The molecule has 2 nitrogen and oxygen atoms in total. The lowest BCUT2D eigenvalue weighted by molar-refractivity contribution is -0.147. The molecule has 0 aromatic heterocycles. The van der Waals surface area contributed by atoms with Crippen molar-refractivity contribution in [1.82, 2.24) is 0 Å². The van der Waals surface area contributed by atoms with E-state index in [9.17, 15) is 4.79 Å². The van der Waals surface area contributed by atoms with Gasteiger partial charge in [-0.25, -0.2) is 0 Å². The van der Waals surface area contributed by atoms with E-state index >= 15 is 0 Å². The van der Waals surface area contributed by atoms with Crippen LogP contribution in [0.1, 0.15) is 64.5 Å². The van der Waals surface area contributed by atoms with E-state index in [-0.39, 0.29) is 17.3 Å². The summed E-state index contributed by atoms with van der Waals surface area (Å²) in [5.41, 5.74) is 2.60. The van der Waals surface area contributed by atoms with Crippen LogP contribution in [0, 0.1) is 11.8 Å².